The Morgan fingerprint density at radius 1 is 1.14 bits per heavy atom. The first-order valence-electron chi connectivity index (χ1n) is 7.29. The van der Waals surface area contributed by atoms with Crippen LogP contribution in [0.3, 0.4) is 0 Å². The summed E-state index contributed by atoms with van der Waals surface area (Å²) in [6.45, 7) is 5.43. The number of aliphatic carboxylic acids is 1. The zero-order valence-electron chi connectivity index (χ0n) is 13.1. The fraction of sp³-hybridized carbons (Fsp3) is 0.438. The smallest absolute Gasteiger partial charge is 0.326 e. The van der Waals surface area contributed by atoms with Crippen LogP contribution >= 0.6 is 0 Å². The van der Waals surface area contributed by atoms with E-state index in [-0.39, 0.29) is 11.8 Å². The van der Waals surface area contributed by atoms with Crippen molar-refractivity contribution < 1.29 is 19.5 Å². The zero-order valence-corrected chi connectivity index (χ0v) is 13.1. The predicted octanol–water partition coefficient (Wildman–Crippen LogP) is 2.26. The average molecular weight is 306 g/mol. The summed E-state index contributed by atoms with van der Waals surface area (Å²) < 4.78 is 0. The minimum Gasteiger partial charge on any atom is -0.480 e. The maximum atomic E-state index is 12.0. The van der Waals surface area contributed by atoms with Crippen molar-refractivity contribution in [3.05, 3.63) is 29.8 Å². The molecule has 0 aromatic heterocycles. The number of carboxylic acids is 1. The number of hydrogen-bond acceptors (Lipinski definition) is 3. The van der Waals surface area contributed by atoms with Crippen LogP contribution < -0.4 is 10.6 Å². The van der Waals surface area contributed by atoms with Gasteiger partial charge in [-0.2, -0.15) is 0 Å². The van der Waals surface area contributed by atoms with Crippen LogP contribution in [0, 0.1) is 5.92 Å². The van der Waals surface area contributed by atoms with Crippen molar-refractivity contribution in [3.8, 4) is 0 Å². The highest BCUT2D eigenvalue weighted by atomic mass is 16.4. The van der Waals surface area contributed by atoms with E-state index in [0.717, 1.165) is 0 Å². The highest BCUT2D eigenvalue weighted by Crippen LogP contribution is 2.11. The van der Waals surface area contributed by atoms with E-state index in [0.29, 0.717) is 24.1 Å². The normalized spacial score (nSPS) is 11.8. The van der Waals surface area contributed by atoms with Gasteiger partial charge in [0.15, 0.2) is 0 Å². The summed E-state index contributed by atoms with van der Waals surface area (Å²) in [5.74, 6) is -1.72. The molecule has 22 heavy (non-hydrogen) atoms. The topological polar surface area (TPSA) is 95.5 Å². The molecule has 1 aromatic carbocycles. The van der Waals surface area contributed by atoms with E-state index in [1.807, 2.05) is 6.92 Å². The second-order valence-electron chi connectivity index (χ2n) is 5.37. The summed E-state index contributed by atoms with van der Waals surface area (Å²) in [6.07, 6.45) is 1.04. The van der Waals surface area contributed by atoms with Crippen LogP contribution in [-0.4, -0.2) is 28.9 Å². The van der Waals surface area contributed by atoms with Crippen LogP contribution in [-0.2, 0) is 9.59 Å². The Hall–Kier alpha value is -2.37. The molecular formula is C16H22N2O4. The number of hydrogen-bond donors (Lipinski definition) is 3. The molecule has 120 valence electrons. The molecule has 0 radical (unpaired) electrons. The predicted molar refractivity (Wildman–Crippen MR) is 83.7 cm³/mol. The van der Waals surface area contributed by atoms with E-state index in [1.165, 1.54) is 0 Å². The van der Waals surface area contributed by atoms with Gasteiger partial charge in [0.1, 0.15) is 6.04 Å². The molecule has 6 nitrogen and oxygen atoms in total. The van der Waals surface area contributed by atoms with Gasteiger partial charge in [-0.3, -0.25) is 9.59 Å². The van der Waals surface area contributed by atoms with Crippen molar-refractivity contribution in [1.82, 2.24) is 5.32 Å². The maximum Gasteiger partial charge on any atom is 0.326 e. The quantitative estimate of drug-likeness (QED) is 0.720. The molecule has 0 aliphatic heterocycles. The van der Waals surface area contributed by atoms with Crippen molar-refractivity contribution in [1.29, 1.82) is 0 Å². The molecule has 3 N–H and O–H groups in total. The molecule has 0 spiro atoms. The number of carboxylic acid groups (broad SMARTS) is 1. The van der Waals surface area contributed by atoms with Gasteiger partial charge in [0, 0.05) is 17.2 Å². The molecule has 6 heteroatoms. The van der Waals surface area contributed by atoms with Crippen LogP contribution in [0.1, 0.15) is 44.0 Å². The van der Waals surface area contributed by atoms with Gasteiger partial charge in [0.2, 0.25) is 5.91 Å². The van der Waals surface area contributed by atoms with Gasteiger partial charge in [0.25, 0.3) is 5.91 Å². The van der Waals surface area contributed by atoms with E-state index in [4.69, 9.17) is 5.11 Å². The van der Waals surface area contributed by atoms with Gasteiger partial charge in [0.05, 0.1) is 0 Å². The van der Waals surface area contributed by atoms with Gasteiger partial charge in [-0.1, -0.05) is 27.2 Å². The van der Waals surface area contributed by atoms with E-state index in [1.54, 1.807) is 38.1 Å². The molecule has 1 rings (SSSR count). The lowest BCUT2D eigenvalue weighted by Crippen LogP contribution is -2.40. The summed E-state index contributed by atoms with van der Waals surface area (Å²) in [6, 6.07) is 5.44. The van der Waals surface area contributed by atoms with Crippen LogP contribution in [0.2, 0.25) is 0 Å². The molecule has 0 aliphatic rings. The monoisotopic (exact) mass is 306 g/mol. The number of carbonyl (C=O) groups is 3. The summed E-state index contributed by atoms with van der Waals surface area (Å²) in [5.41, 5.74) is 0.948. The number of benzene rings is 1. The minimum absolute atomic E-state index is 0.105. The summed E-state index contributed by atoms with van der Waals surface area (Å²) in [4.78, 5) is 34.6. The second kappa shape index (κ2) is 8.17. The van der Waals surface area contributed by atoms with E-state index >= 15 is 0 Å². The first-order valence-corrected chi connectivity index (χ1v) is 7.29. The first-order chi connectivity index (χ1) is 10.3. The highest BCUT2D eigenvalue weighted by molar-refractivity contribution is 5.97. The van der Waals surface area contributed by atoms with E-state index in [9.17, 15) is 14.4 Å². The SMILES string of the molecule is CCCC(NC(=O)c1ccc(NC(=O)C(C)C)cc1)C(=O)O. The Morgan fingerprint density at radius 2 is 1.73 bits per heavy atom. The van der Waals surface area contributed by atoms with Crippen LogP contribution in [0.4, 0.5) is 5.69 Å². The second-order valence-corrected chi connectivity index (χ2v) is 5.37. The molecule has 2 amide bonds. The number of carbonyl (C=O) groups excluding carboxylic acids is 2. The Bertz CT molecular complexity index is 538. The fourth-order valence-electron chi connectivity index (χ4n) is 1.78. The number of rotatable bonds is 7. The molecule has 1 atom stereocenters. The standard InChI is InChI=1S/C16H22N2O4/c1-4-5-13(16(21)22)18-15(20)11-6-8-12(9-7-11)17-14(19)10(2)3/h6-10,13H,4-5H2,1-3H3,(H,17,19)(H,18,20)(H,21,22). The molecule has 0 aliphatic carbocycles. The summed E-state index contributed by atoms with van der Waals surface area (Å²) >= 11 is 0. The van der Waals surface area contributed by atoms with Crippen LogP contribution in [0.15, 0.2) is 24.3 Å². The Balaban J connectivity index is 2.71. The molecule has 0 saturated carbocycles. The third-order valence-corrected chi connectivity index (χ3v) is 3.12. The summed E-state index contributed by atoms with van der Waals surface area (Å²) in [5, 5.41) is 14.2. The third kappa shape index (κ3) is 5.20. The van der Waals surface area contributed by atoms with Crippen molar-refractivity contribution >= 4 is 23.5 Å². The summed E-state index contributed by atoms with van der Waals surface area (Å²) in [7, 11) is 0. The largest absolute Gasteiger partial charge is 0.480 e. The third-order valence-electron chi connectivity index (χ3n) is 3.12. The molecule has 1 aromatic rings. The number of anilines is 1. The van der Waals surface area contributed by atoms with Crippen molar-refractivity contribution in [2.75, 3.05) is 5.32 Å². The lowest BCUT2D eigenvalue weighted by molar-refractivity contribution is -0.139. The Kier molecular flexibility index (Phi) is 6.56. The zero-order chi connectivity index (χ0) is 16.7. The van der Waals surface area contributed by atoms with E-state index < -0.39 is 17.9 Å². The van der Waals surface area contributed by atoms with Crippen LogP contribution in [0.5, 0.6) is 0 Å². The van der Waals surface area contributed by atoms with E-state index in [2.05, 4.69) is 10.6 Å². The Morgan fingerprint density at radius 3 is 2.18 bits per heavy atom. The molecule has 0 fully saturated rings. The van der Waals surface area contributed by atoms with Crippen molar-refractivity contribution in [3.63, 3.8) is 0 Å². The first kappa shape index (κ1) is 17.7. The van der Waals surface area contributed by atoms with Gasteiger partial charge in [-0.05, 0) is 30.7 Å². The molecule has 0 heterocycles. The van der Waals surface area contributed by atoms with Crippen molar-refractivity contribution in [2.24, 2.45) is 5.92 Å². The van der Waals surface area contributed by atoms with Gasteiger partial charge in [-0.25, -0.2) is 4.79 Å². The fourth-order valence-corrected chi connectivity index (χ4v) is 1.78. The van der Waals surface area contributed by atoms with Gasteiger partial charge in [-0.15, -0.1) is 0 Å². The lowest BCUT2D eigenvalue weighted by Gasteiger charge is -2.14. The van der Waals surface area contributed by atoms with Crippen molar-refractivity contribution in [2.45, 2.75) is 39.7 Å². The number of amides is 2. The average Bonchev–Trinajstić information content (AvgIpc) is 2.47. The number of nitrogens with one attached hydrogen (secondary N) is 2. The van der Waals surface area contributed by atoms with Gasteiger partial charge < -0.3 is 15.7 Å². The Labute approximate surface area is 129 Å². The van der Waals surface area contributed by atoms with Gasteiger partial charge >= 0.3 is 5.97 Å². The molecule has 0 bridgehead atoms. The molecule has 1 unspecified atom stereocenters. The highest BCUT2D eigenvalue weighted by Gasteiger charge is 2.19. The maximum absolute atomic E-state index is 12.0. The molecule has 0 saturated heterocycles. The molecular weight excluding hydrogens is 284 g/mol. The van der Waals surface area contributed by atoms with Crippen LogP contribution in [0.25, 0.3) is 0 Å². The lowest BCUT2D eigenvalue weighted by atomic mass is 10.1. The minimum atomic E-state index is -1.05.